The number of halogens is 1. The fourth-order valence-corrected chi connectivity index (χ4v) is 4.33. The maximum absolute atomic E-state index is 14.0. The number of carboxylic acids is 1. The molecule has 3 nitrogen and oxygen atoms in total. The summed E-state index contributed by atoms with van der Waals surface area (Å²) in [6.07, 6.45) is 12.0. The minimum Gasteiger partial charge on any atom is -0.481 e. The molecule has 1 saturated carbocycles. The van der Waals surface area contributed by atoms with Crippen molar-refractivity contribution in [3.8, 4) is 0 Å². The van der Waals surface area contributed by atoms with Crippen LogP contribution >= 0.6 is 0 Å². The van der Waals surface area contributed by atoms with Crippen LogP contribution in [0.3, 0.4) is 0 Å². The number of fused-ring (bicyclic) bond motifs is 2. The highest BCUT2D eigenvalue weighted by Crippen LogP contribution is 2.48. The van der Waals surface area contributed by atoms with Crippen molar-refractivity contribution in [1.29, 1.82) is 0 Å². The Morgan fingerprint density at radius 1 is 1.35 bits per heavy atom. The minimum absolute atomic E-state index is 0.139. The molecule has 4 atom stereocenters. The first-order valence-electron chi connectivity index (χ1n) is 9.57. The lowest BCUT2D eigenvalue weighted by Gasteiger charge is -2.26. The second-order valence-corrected chi connectivity index (χ2v) is 7.63. The summed E-state index contributed by atoms with van der Waals surface area (Å²) in [7, 11) is 0. The molecule has 1 fully saturated rings. The summed E-state index contributed by atoms with van der Waals surface area (Å²) in [6, 6.07) is 5.39. The first kappa shape index (κ1) is 18.8. The van der Waals surface area contributed by atoms with Crippen LogP contribution in [0.25, 0.3) is 0 Å². The lowest BCUT2D eigenvalue weighted by molar-refractivity contribution is -0.137. The first-order valence-corrected chi connectivity index (χ1v) is 9.57. The van der Waals surface area contributed by atoms with E-state index >= 15 is 0 Å². The number of aliphatic carboxylic acids is 1. The van der Waals surface area contributed by atoms with Crippen LogP contribution in [0.1, 0.15) is 36.8 Å². The molecule has 26 heavy (non-hydrogen) atoms. The molecule has 3 rings (SSSR count). The van der Waals surface area contributed by atoms with Gasteiger partial charge >= 0.3 is 5.97 Å². The lowest BCUT2D eigenvalue weighted by atomic mass is 9.82. The fourth-order valence-electron chi connectivity index (χ4n) is 4.33. The van der Waals surface area contributed by atoms with Crippen molar-refractivity contribution in [2.45, 2.75) is 39.2 Å². The van der Waals surface area contributed by atoms with E-state index in [9.17, 15) is 9.18 Å². The zero-order valence-electron chi connectivity index (χ0n) is 15.3. The second kappa shape index (κ2) is 8.63. The van der Waals surface area contributed by atoms with E-state index in [0.29, 0.717) is 36.6 Å². The molecular weight excluding hydrogens is 329 g/mol. The fraction of sp³-hybridized carbons (Fsp3) is 0.500. The van der Waals surface area contributed by atoms with E-state index in [4.69, 9.17) is 5.11 Å². The van der Waals surface area contributed by atoms with Crippen LogP contribution in [0.2, 0.25) is 0 Å². The molecule has 0 saturated heterocycles. The van der Waals surface area contributed by atoms with E-state index in [2.05, 4.69) is 29.6 Å². The number of allylic oxidation sites excluding steroid dienone is 4. The molecule has 1 aromatic carbocycles. The number of hydrogen-bond donors (Lipinski definition) is 2. The smallest absolute Gasteiger partial charge is 0.303 e. The Morgan fingerprint density at radius 3 is 2.92 bits per heavy atom. The Hall–Kier alpha value is -1.94. The average Bonchev–Trinajstić information content (AvgIpc) is 3.18. The minimum atomic E-state index is -0.730. The molecule has 2 bridgehead atoms. The summed E-state index contributed by atoms with van der Waals surface area (Å²) in [4.78, 5) is 10.6. The maximum Gasteiger partial charge on any atom is 0.303 e. The Kier molecular flexibility index (Phi) is 6.25. The molecule has 1 aromatic rings. The van der Waals surface area contributed by atoms with Crippen molar-refractivity contribution in [2.24, 2.45) is 23.7 Å². The summed E-state index contributed by atoms with van der Waals surface area (Å²) in [5, 5.41) is 12.2. The van der Waals surface area contributed by atoms with Crippen molar-refractivity contribution in [2.75, 3.05) is 6.54 Å². The van der Waals surface area contributed by atoms with E-state index in [-0.39, 0.29) is 12.2 Å². The van der Waals surface area contributed by atoms with Crippen LogP contribution in [0.4, 0.5) is 4.39 Å². The van der Waals surface area contributed by atoms with Gasteiger partial charge in [0.25, 0.3) is 0 Å². The maximum atomic E-state index is 14.0. The third-order valence-electron chi connectivity index (χ3n) is 5.71. The third-order valence-corrected chi connectivity index (χ3v) is 5.71. The van der Waals surface area contributed by atoms with E-state index in [1.165, 1.54) is 6.42 Å². The largest absolute Gasteiger partial charge is 0.481 e. The highest BCUT2D eigenvalue weighted by atomic mass is 19.1. The van der Waals surface area contributed by atoms with E-state index in [1.807, 2.05) is 19.1 Å². The van der Waals surface area contributed by atoms with Gasteiger partial charge in [-0.25, -0.2) is 4.39 Å². The molecule has 0 aromatic heterocycles. The monoisotopic (exact) mass is 357 g/mol. The van der Waals surface area contributed by atoms with Gasteiger partial charge in [-0.15, -0.1) is 0 Å². The summed E-state index contributed by atoms with van der Waals surface area (Å²) in [6.45, 7) is 3.33. The molecule has 4 heteroatoms. The first-order chi connectivity index (χ1) is 12.5. The summed E-state index contributed by atoms with van der Waals surface area (Å²) >= 11 is 0. The van der Waals surface area contributed by atoms with Crippen LogP contribution in [0, 0.1) is 36.4 Å². The van der Waals surface area contributed by atoms with E-state index in [1.54, 1.807) is 6.07 Å². The van der Waals surface area contributed by atoms with Gasteiger partial charge in [0.15, 0.2) is 0 Å². The SMILES string of the molecule is Cc1ccc(CNC[C@@H]2[C@@H](/C=C\CCCC(=O)O)[C@H]3C=C[C@@H]2C3)c(F)c1. The second-order valence-electron chi connectivity index (χ2n) is 7.63. The Bertz CT molecular complexity index is 697. The molecular formula is C22H28FNO2. The van der Waals surface area contributed by atoms with Crippen LogP contribution in [-0.2, 0) is 11.3 Å². The average molecular weight is 357 g/mol. The quantitative estimate of drug-likeness (QED) is 0.506. The summed E-state index contributed by atoms with van der Waals surface area (Å²) < 4.78 is 14.0. The molecule has 140 valence electrons. The van der Waals surface area contributed by atoms with Gasteiger partial charge in [0, 0.05) is 18.5 Å². The van der Waals surface area contributed by atoms with Gasteiger partial charge in [-0.2, -0.15) is 0 Å². The number of unbranched alkanes of at least 4 members (excludes halogenated alkanes) is 1. The van der Waals surface area contributed by atoms with Gasteiger partial charge in [-0.1, -0.05) is 36.4 Å². The van der Waals surface area contributed by atoms with Gasteiger partial charge in [0.05, 0.1) is 0 Å². The zero-order chi connectivity index (χ0) is 18.5. The van der Waals surface area contributed by atoms with Crippen molar-refractivity contribution >= 4 is 5.97 Å². The van der Waals surface area contributed by atoms with Gasteiger partial charge in [0.2, 0.25) is 0 Å². The van der Waals surface area contributed by atoms with Gasteiger partial charge in [0.1, 0.15) is 5.82 Å². The van der Waals surface area contributed by atoms with Crippen molar-refractivity contribution in [3.05, 3.63) is 59.4 Å². The predicted octanol–water partition coefficient (Wildman–Crippen LogP) is 4.47. The number of aryl methyl sites for hydroxylation is 1. The third kappa shape index (κ3) is 4.61. The standard InChI is InChI=1S/C22H28FNO2/c1-15-7-8-18(21(23)11-15)13-24-14-20-17-10-9-16(12-17)19(20)5-3-2-4-6-22(25)26/h3,5,7-11,16-17,19-20,24H,2,4,6,12-14H2,1H3,(H,25,26)/b5-3-/t16-,17+,19-,20-/m0/s1. The molecule has 0 heterocycles. The molecule has 2 aliphatic rings. The number of carbonyl (C=O) groups is 1. The summed E-state index contributed by atoms with van der Waals surface area (Å²) in [5.41, 5.74) is 1.66. The molecule has 0 aliphatic heterocycles. The Morgan fingerprint density at radius 2 is 2.15 bits per heavy atom. The number of benzene rings is 1. The number of hydrogen-bond acceptors (Lipinski definition) is 2. The van der Waals surface area contributed by atoms with Crippen molar-refractivity contribution in [1.82, 2.24) is 5.32 Å². The van der Waals surface area contributed by atoms with Crippen LogP contribution in [-0.4, -0.2) is 17.6 Å². The topological polar surface area (TPSA) is 49.3 Å². The van der Waals surface area contributed by atoms with Gasteiger partial charge in [-0.05, 0) is 68.0 Å². The number of carboxylic acid groups (broad SMARTS) is 1. The van der Waals surface area contributed by atoms with Gasteiger partial charge < -0.3 is 10.4 Å². The van der Waals surface area contributed by atoms with E-state index < -0.39 is 5.97 Å². The van der Waals surface area contributed by atoms with Crippen LogP contribution in [0.15, 0.2) is 42.5 Å². The summed E-state index contributed by atoms with van der Waals surface area (Å²) in [5.74, 6) is 1.37. The van der Waals surface area contributed by atoms with Crippen molar-refractivity contribution in [3.63, 3.8) is 0 Å². The highest BCUT2D eigenvalue weighted by molar-refractivity contribution is 5.66. The van der Waals surface area contributed by atoms with Crippen molar-refractivity contribution < 1.29 is 14.3 Å². The van der Waals surface area contributed by atoms with Gasteiger partial charge in [-0.3, -0.25) is 4.79 Å². The molecule has 0 amide bonds. The number of nitrogens with one attached hydrogen (secondary N) is 1. The zero-order valence-corrected chi connectivity index (χ0v) is 15.3. The lowest BCUT2D eigenvalue weighted by Crippen LogP contribution is -2.30. The Balaban J connectivity index is 1.51. The van der Waals surface area contributed by atoms with Crippen LogP contribution < -0.4 is 5.32 Å². The molecule has 2 N–H and O–H groups in total. The normalized spacial score (nSPS) is 26.8. The molecule has 2 aliphatic carbocycles. The molecule has 0 radical (unpaired) electrons. The molecule has 0 unspecified atom stereocenters. The van der Waals surface area contributed by atoms with E-state index in [0.717, 1.165) is 24.1 Å². The Labute approximate surface area is 155 Å². The predicted molar refractivity (Wildman–Crippen MR) is 101 cm³/mol. The molecule has 0 spiro atoms. The van der Waals surface area contributed by atoms with Crippen LogP contribution in [0.5, 0.6) is 0 Å². The highest BCUT2D eigenvalue weighted by Gasteiger charge is 2.42. The number of rotatable bonds is 9.